The molecule has 0 spiro atoms. The standard InChI is InChI=1S/C32H44F3N3O6S/c1-20-18-37(30(4)9-11-36(12-10-30)28(40)41)13-14-38(20)27-24-6-5-23(32(33,34)35)15-21(24)16-25(27)44-45(42,43)19-31-8-7-22(17-26(31)39)29(31,2)3/h5-6,15,20,22,25,27H,7-14,16-19H2,1-4H3,(H,40,41)/t20-,22?,25-,27+,31-/m0/s1. The van der Waals surface area contributed by atoms with Crippen LogP contribution in [-0.4, -0.2) is 96.3 Å². The van der Waals surface area contributed by atoms with Crippen molar-refractivity contribution in [3.05, 3.63) is 34.9 Å². The fourth-order valence-electron chi connectivity index (χ4n) is 9.26. The molecule has 2 aliphatic heterocycles. The molecule has 1 amide bonds. The molecule has 5 atom stereocenters. The SMILES string of the molecule is C[C@H]1CN(C2(C)CCN(C(=O)O)CC2)CCN1[C@@H]1c2ccc(C(F)(F)F)cc2C[C@@H]1OS(=O)(=O)C[C@@]12CCC(CC1=O)C2(C)C. The first kappa shape index (κ1) is 32.7. The summed E-state index contributed by atoms with van der Waals surface area (Å²) in [6, 6.07) is 2.98. The van der Waals surface area contributed by atoms with Gasteiger partial charge >= 0.3 is 12.3 Å². The zero-order valence-corrected chi connectivity index (χ0v) is 27.2. The van der Waals surface area contributed by atoms with Crippen molar-refractivity contribution in [1.82, 2.24) is 14.7 Å². The topological polar surface area (TPSA) is 107 Å². The number of fused-ring (bicyclic) bond motifs is 3. The third kappa shape index (κ3) is 5.49. The van der Waals surface area contributed by atoms with Gasteiger partial charge in [0.25, 0.3) is 10.1 Å². The van der Waals surface area contributed by atoms with E-state index in [0.717, 1.165) is 18.6 Å². The molecule has 6 rings (SSSR count). The average Bonchev–Trinajstić information content (AvgIpc) is 3.47. The van der Waals surface area contributed by atoms with Gasteiger partial charge in [-0.1, -0.05) is 19.9 Å². The lowest BCUT2D eigenvalue weighted by Crippen LogP contribution is -2.62. The minimum absolute atomic E-state index is 0.0196. The number of hydrogen-bond acceptors (Lipinski definition) is 7. The largest absolute Gasteiger partial charge is 0.465 e. The van der Waals surface area contributed by atoms with Gasteiger partial charge in [0.2, 0.25) is 0 Å². The summed E-state index contributed by atoms with van der Waals surface area (Å²) in [5.41, 5.74) is -1.39. The monoisotopic (exact) mass is 655 g/mol. The van der Waals surface area contributed by atoms with Gasteiger partial charge in [-0.2, -0.15) is 21.6 Å². The highest BCUT2D eigenvalue weighted by Crippen LogP contribution is 2.64. The molecule has 5 aliphatic rings. The number of benzene rings is 1. The third-order valence-corrected chi connectivity index (χ3v) is 13.7. The Hall–Kier alpha value is -2.22. The van der Waals surface area contributed by atoms with Crippen molar-refractivity contribution in [2.24, 2.45) is 16.7 Å². The molecular weight excluding hydrogens is 611 g/mol. The second-order valence-corrected chi connectivity index (χ2v) is 16.5. The van der Waals surface area contributed by atoms with Crippen molar-refractivity contribution < 1.29 is 40.5 Å². The second kappa shape index (κ2) is 10.9. The van der Waals surface area contributed by atoms with Crippen LogP contribution in [0.3, 0.4) is 0 Å². The number of piperazine rings is 1. The van der Waals surface area contributed by atoms with Gasteiger partial charge in [-0.15, -0.1) is 0 Å². The molecule has 2 bridgehead atoms. The van der Waals surface area contributed by atoms with Crippen molar-refractivity contribution in [3.8, 4) is 0 Å². The van der Waals surface area contributed by atoms with E-state index in [2.05, 4.69) is 16.7 Å². The first-order chi connectivity index (χ1) is 20.9. The maximum absolute atomic E-state index is 13.8. The highest BCUT2D eigenvalue weighted by molar-refractivity contribution is 7.86. The van der Waals surface area contributed by atoms with Crippen LogP contribution < -0.4 is 0 Å². The number of hydrogen-bond donors (Lipinski definition) is 1. The number of likely N-dealkylation sites (tertiary alicyclic amines) is 1. The predicted octanol–water partition coefficient (Wildman–Crippen LogP) is 4.95. The van der Waals surface area contributed by atoms with Crippen molar-refractivity contribution in [1.29, 1.82) is 0 Å². The predicted molar refractivity (Wildman–Crippen MR) is 160 cm³/mol. The molecule has 2 heterocycles. The molecular formula is C32H44F3N3O6S. The average molecular weight is 656 g/mol. The molecule has 2 saturated heterocycles. The number of nitrogens with zero attached hydrogens (tertiary/aromatic N) is 3. The van der Waals surface area contributed by atoms with Crippen molar-refractivity contribution in [2.75, 3.05) is 38.5 Å². The zero-order valence-electron chi connectivity index (χ0n) is 26.4. The molecule has 1 N–H and O–H groups in total. The Balaban J connectivity index is 1.25. The molecule has 0 aromatic heterocycles. The Kier molecular flexibility index (Phi) is 7.94. The normalized spacial score (nSPS) is 33.5. The van der Waals surface area contributed by atoms with Crippen LogP contribution in [0.15, 0.2) is 18.2 Å². The lowest BCUT2D eigenvalue weighted by molar-refractivity contribution is -0.137. The molecule has 3 aliphatic carbocycles. The number of halogens is 3. The maximum atomic E-state index is 13.8. The Labute approximate surface area is 263 Å². The van der Waals surface area contributed by atoms with E-state index < -0.39 is 56.7 Å². The van der Waals surface area contributed by atoms with E-state index >= 15 is 0 Å². The first-order valence-electron chi connectivity index (χ1n) is 16.0. The molecule has 1 aromatic carbocycles. The van der Waals surface area contributed by atoms with Gasteiger partial charge in [0.1, 0.15) is 11.9 Å². The minimum atomic E-state index is -4.54. The van der Waals surface area contributed by atoms with E-state index in [1.54, 1.807) is 0 Å². The number of Topliss-reactive ketones (excluding diaryl/α,β-unsaturated/α-hetero) is 1. The fourth-order valence-corrected chi connectivity index (χ4v) is 11.2. The summed E-state index contributed by atoms with van der Waals surface area (Å²) < 4.78 is 74.6. The van der Waals surface area contributed by atoms with Crippen LogP contribution >= 0.6 is 0 Å². The molecule has 45 heavy (non-hydrogen) atoms. The van der Waals surface area contributed by atoms with Crippen LogP contribution in [0, 0.1) is 16.7 Å². The van der Waals surface area contributed by atoms with Gasteiger partial charge < -0.3 is 10.0 Å². The Morgan fingerprint density at radius 3 is 2.31 bits per heavy atom. The molecule has 9 nitrogen and oxygen atoms in total. The molecule has 250 valence electrons. The van der Waals surface area contributed by atoms with E-state index in [1.165, 1.54) is 11.0 Å². The highest BCUT2D eigenvalue weighted by Gasteiger charge is 2.65. The zero-order chi connectivity index (χ0) is 32.7. The van der Waals surface area contributed by atoms with Crippen LogP contribution in [0.25, 0.3) is 0 Å². The highest BCUT2D eigenvalue weighted by atomic mass is 32.2. The smallest absolute Gasteiger partial charge is 0.416 e. The van der Waals surface area contributed by atoms with Gasteiger partial charge in [0.05, 0.1) is 22.8 Å². The Morgan fingerprint density at radius 2 is 1.76 bits per heavy atom. The van der Waals surface area contributed by atoms with Crippen LogP contribution in [-0.2, 0) is 31.7 Å². The number of carbonyl (C=O) groups is 2. The van der Waals surface area contributed by atoms with E-state index in [9.17, 15) is 36.3 Å². The van der Waals surface area contributed by atoms with Crippen LogP contribution in [0.5, 0.6) is 0 Å². The number of alkyl halides is 3. The molecule has 0 radical (unpaired) electrons. The molecule has 1 aromatic rings. The number of carbonyl (C=O) groups excluding carboxylic acids is 1. The van der Waals surface area contributed by atoms with E-state index in [0.29, 0.717) is 69.5 Å². The molecule has 1 unspecified atom stereocenters. The number of piperidine rings is 1. The van der Waals surface area contributed by atoms with Gasteiger partial charge in [-0.25, -0.2) is 4.79 Å². The van der Waals surface area contributed by atoms with Crippen LogP contribution in [0.4, 0.5) is 18.0 Å². The van der Waals surface area contributed by atoms with Gasteiger partial charge in [0.15, 0.2) is 0 Å². The number of carboxylic acid groups (broad SMARTS) is 1. The molecule has 2 saturated carbocycles. The van der Waals surface area contributed by atoms with E-state index in [4.69, 9.17) is 4.18 Å². The summed E-state index contributed by atoms with van der Waals surface area (Å²) in [5, 5.41) is 9.38. The summed E-state index contributed by atoms with van der Waals surface area (Å²) in [5.74, 6) is -0.311. The summed E-state index contributed by atoms with van der Waals surface area (Å²) in [4.78, 5) is 30.5. The van der Waals surface area contributed by atoms with Crippen LogP contribution in [0.1, 0.15) is 82.5 Å². The molecule has 4 fully saturated rings. The van der Waals surface area contributed by atoms with Gasteiger partial charge in [0, 0.05) is 57.1 Å². The van der Waals surface area contributed by atoms with E-state index in [1.807, 2.05) is 20.8 Å². The second-order valence-electron chi connectivity index (χ2n) is 14.9. The number of amides is 1. The van der Waals surface area contributed by atoms with Gasteiger partial charge in [-0.05, 0) is 74.1 Å². The first-order valence-corrected chi connectivity index (χ1v) is 17.6. The summed E-state index contributed by atoms with van der Waals surface area (Å²) in [6.45, 7) is 10.8. The third-order valence-electron chi connectivity index (χ3n) is 12.3. The van der Waals surface area contributed by atoms with Crippen molar-refractivity contribution >= 4 is 22.0 Å². The van der Waals surface area contributed by atoms with Crippen molar-refractivity contribution in [3.63, 3.8) is 0 Å². The Bertz CT molecular complexity index is 1470. The van der Waals surface area contributed by atoms with Crippen molar-refractivity contribution in [2.45, 2.75) is 96.1 Å². The lowest BCUT2D eigenvalue weighted by atomic mass is 9.70. The summed E-state index contributed by atoms with van der Waals surface area (Å²) in [7, 11) is -4.22. The van der Waals surface area contributed by atoms with Crippen LogP contribution in [0.2, 0.25) is 0 Å². The minimum Gasteiger partial charge on any atom is -0.465 e. The van der Waals surface area contributed by atoms with Gasteiger partial charge in [-0.3, -0.25) is 18.8 Å². The maximum Gasteiger partial charge on any atom is 0.416 e. The quantitative estimate of drug-likeness (QED) is 0.429. The number of rotatable bonds is 6. The lowest BCUT2D eigenvalue weighted by Gasteiger charge is -2.52. The number of ketones is 1. The Morgan fingerprint density at radius 1 is 1.07 bits per heavy atom. The van der Waals surface area contributed by atoms with E-state index in [-0.39, 0.29) is 29.7 Å². The summed E-state index contributed by atoms with van der Waals surface area (Å²) in [6.07, 6.45) is -3.31. The fraction of sp³-hybridized carbons (Fsp3) is 0.750. The summed E-state index contributed by atoms with van der Waals surface area (Å²) >= 11 is 0. The molecule has 13 heteroatoms.